The van der Waals surface area contributed by atoms with Gasteiger partial charge in [-0.2, -0.15) is 0 Å². The van der Waals surface area contributed by atoms with Gasteiger partial charge >= 0.3 is 0 Å². The number of ether oxygens (including phenoxy) is 1. The number of nitrogens with zero attached hydrogens (tertiary/aromatic N) is 2. The summed E-state index contributed by atoms with van der Waals surface area (Å²) < 4.78 is 19.8. The Bertz CT molecular complexity index is 1540. The molecule has 38 heavy (non-hydrogen) atoms. The van der Waals surface area contributed by atoms with Gasteiger partial charge in [-0.3, -0.25) is 14.6 Å². The standard InChI is InChI=1S/C29H26FN5O3/c1-3-23(36)35-16-17-13-29(35,14-17)10-7-18-15-31-11-8-19(18)25-26(24-21(33-25)9-12-32-28(24)37)34-22-6-4-5-20(30)27(22)38-2/h3-6,8,11,15,17,33-34H,1,9,12-14,16H2,2H3,(H,32,37). The highest BCUT2D eigenvalue weighted by Crippen LogP contribution is 2.50. The second-order valence-electron chi connectivity index (χ2n) is 9.81. The molecule has 5 heterocycles. The van der Waals surface area contributed by atoms with Crippen LogP contribution < -0.4 is 15.4 Å². The molecule has 0 radical (unpaired) electrons. The lowest BCUT2D eigenvalue weighted by molar-refractivity contribution is -0.127. The third-order valence-corrected chi connectivity index (χ3v) is 7.57. The molecule has 3 fully saturated rings. The average molecular weight is 512 g/mol. The molecule has 192 valence electrons. The van der Waals surface area contributed by atoms with Crippen LogP contribution >= 0.6 is 0 Å². The number of H-pyrrole nitrogens is 1. The van der Waals surface area contributed by atoms with Crippen LogP contribution in [0.2, 0.25) is 0 Å². The molecule has 8 nitrogen and oxygen atoms in total. The van der Waals surface area contributed by atoms with Crippen LogP contribution in [-0.4, -0.2) is 52.4 Å². The van der Waals surface area contributed by atoms with Gasteiger partial charge < -0.3 is 25.3 Å². The fourth-order valence-corrected chi connectivity index (χ4v) is 5.81. The SMILES string of the molecule is C=CC(=O)N1CC2CC1(C#Cc1cnccc1-c1[nH]c3c(c1Nc1cccc(F)c1OC)C(=O)NCC3)C2. The van der Waals surface area contributed by atoms with Crippen molar-refractivity contribution in [1.82, 2.24) is 20.2 Å². The van der Waals surface area contributed by atoms with Gasteiger partial charge in [0.15, 0.2) is 11.6 Å². The minimum atomic E-state index is -0.517. The van der Waals surface area contributed by atoms with E-state index in [0.29, 0.717) is 53.6 Å². The summed E-state index contributed by atoms with van der Waals surface area (Å²) in [6.07, 6.45) is 6.98. The number of fused-ring (bicyclic) bond motifs is 2. The molecule has 1 aromatic carbocycles. The van der Waals surface area contributed by atoms with Gasteiger partial charge in [0.05, 0.1) is 35.3 Å². The molecule has 7 rings (SSSR count). The van der Waals surface area contributed by atoms with E-state index in [9.17, 15) is 14.0 Å². The van der Waals surface area contributed by atoms with Gasteiger partial charge in [-0.05, 0) is 43.0 Å². The van der Waals surface area contributed by atoms with E-state index in [0.717, 1.165) is 24.1 Å². The number of carbonyl (C=O) groups is 2. The summed E-state index contributed by atoms with van der Waals surface area (Å²) >= 11 is 0. The Hall–Kier alpha value is -4.58. The molecule has 2 aromatic heterocycles. The normalized spacial score (nSPS) is 20.9. The Labute approximate surface area is 219 Å². The van der Waals surface area contributed by atoms with Crippen molar-refractivity contribution in [2.24, 2.45) is 5.92 Å². The van der Waals surface area contributed by atoms with Crippen LogP contribution in [0.15, 0.2) is 49.3 Å². The first-order valence-electron chi connectivity index (χ1n) is 12.5. The molecule has 1 aliphatic carbocycles. The molecule has 1 saturated carbocycles. The van der Waals surface area contributed by atoms with E-state index in [1.807, 2.05) is 11.0 Å². The van der Waals surface area contributed by atoms with Gasteiger partial charge in [0.2, 0.25) is 5.91 Å². The maximum Gasteiger partial charge on any atom is 0.255 e. The zero-order chi connectivity index (χ0) is 26.4. The number of para-hydroxylation sites is 1. The number of anilines is 2. The first-order chi connectivity index (χ1) is 18.4. The summed E-state index contributed by atoms with van der Waals surface area (Å²) in [5, 5.41) is 6.14. The van der Waals surface area contributed by atoms with Crippen molar-refractivity contribution in [2.75, 3.05) is 25.5 Å². The van der Waals surface area contributed by atoms with E-state index in [1.54, 1.807) is 24.5 Å². The van der Waals surface area contributed by atoms with Gasteiger partial charge in [-0.25, -0.2) is 4.39 Å². The molecule has 0 atom stereocenters. The van der Waals surface area contributed by atoms with Crippen LogP contribution in [0, 0.1) is 23.6 Å². The fourth-order valence-electron chi connectivity index (χ4n) is 5.81. The quantitative estimate of drug-likeness (QED) is 0.358. The summed E-state index contributed by atoms with van der Waals surface area (Å²) in [6.45, 7) is 4.84. The highest BCUT2D eigenvalue weighted by Gasteiger charge is 2.56. The largest absolute Gasteiger partial charge is 0.492 e. The van der Waals surface area contributed by atoms with Crippen molar-refractivity contribution < 1.29 is 18.7 Å². The zero-order valence-electron chi connectivity index (χ0n) is 20.9. The lowest BCUT2D eigenvalue weighted by Gasteiger charge is -2.37. The van der Waals surface area contributed by atoms with Crippen molar-refractivity contribution in [2.45, 2.75) is 24.8 Å². The number of aromatic amines is 1. The molecule has 3 N–H and O–H groups in total. The Morgan fingerprint density at radius 1 is 1.37 bits per heavy atom. The highest BCUT2D eigenvalue weighted by atomic mass is 19.1. The first-order valence-corrected chi connectivity index (χ1v) is 12.5. The summed E-state index contributed by atoms with van der Waals surface area (Å²) in [6, 6.07) is 6.41. The lowest BCUT2D eigenvalue weighted by Crippen LogP contribution is -2.46. The van der Waals surface area contributed by atoms with Gasteiger partial charge in [0, 0.05) is 43.2 Å². The molecular weight excluding hydrogens is 485 g/mol. The Morgan fingerprint density at radius 2 is 2.21 bits per heavy atom. The van der Waals surface area contributed by atoms with Crippen LogP contribution in [0.3, 0.4) is 0 Å². The van der Waals surface area contributed by atoms with Crippen molar-refractivity contribution in [3.8, 4) is 28.8 Å². The molecular formula is C29H26FN5O3. The van der Waals surface area contributed by atoms with Crippen molar-refractivity contribution in [3.05, 3.63) is 72.0 Å². The minimum absolute atomic E-state index is 0.0474. The summed E-state index contributed by atoms with van der Waals surface area (Å²) in [4.78, 5) is 34.9. The molecule has 0 spiro atoms. The number of halogens is 1. The van der Waals surface area contributed by atoms with Gasteiger partial charge in [0.1, 0.15) is 5.54 Å². The number of amides is 2. The predicted molar refractivity (Wildman–Crippen MR) is 141 cm³/mol. The maximum absolute atomic E-state index is 14.5. The van der Waals surface area contributed by atoms with Crippen LogP contribution in [0.25, 0.3) is 11.3 Å². The number of methoxy groups -OCH3 is 1. The van der Waals surface area contributed by atoms with Crippen LogP contribution in [0.4, 0.5) is 15.8 Å². The number of benzene rings is 1. The van der Waals surface area contributed by atoms with E-state index in [4.69, 9.17) is 4.74 Å². The van der Waals surface area contributed by atoms with Crippen LogP contribution in [0.5, 0.6) is 5.75 Å². The molecule has 3 aliphatic heterocycles. The van der Waals surface area contributed by atoms with E-state index in [2.05, 4.69) is 39.0 Å². The summed E-state index contributed by atoms with van der Waals surface area (Å²) in [5.74, 6) is 6.31. The third-order valence-electron chi connectivity index (χ3n) is 7.57. The molecule has 0 unspecified atom stereocenters. The highest BCUT2D eigenvalue weighted by molar-refractivity contribution is 6.06. The lowest BCUT2D eigenvalue weighted by atomic mass is 9.73. The maximum atomic E-state index is 14.5. The predicted octanol–water partition coefficient (Wildman–Crippen LogP) is 3.78. The van der Waals surface area contributed by atoms with Crippen molar-refractivity contribution in [1.29, 1.82) is 0 Å². The number of rotatable bonds is 5. The summed E-state index contributed by atoms with van der Waals surface area (Å²) in [7, 11) is 1.40. The number of nitrogens with one attached hydrogen (secondary N) is 3. The number of hydrogen-bond donors (Lipinski definition) is 3. The van der Waals surface area contributed by atoms with Crippen molar-refractivity contribution in [3.63, 3.8) is 0 Å². The van der Waals surface area contributed by atoms with Gasteiger partial charge in [-0.1, -0.05) is 24.5 Å². The monoisotopic (exact) mass is 511 g/mol. The molecule has 2 amide bonds. The smallest absolute Gasteiger partial charge is 0.255 e. The Morgan fingerprint density at radius 3 is 3.00 bits per heavy atom. The number of pyridine rings is 1. The average Bonchev–Trinajstić information content (AvgIpc) is 3.58. The fraction of sp³-hybridized carbons (Fsp3) is 0.276. The van der Waals surface area contributed by atoms with Gasteiger partial charge in [0.25, 0.3) is 5.91 Å². The molecule has 2 saturated heterocycles. The Balaban J connectivity index is 1.46. The number of hydrogen-bond acceptors (Lipinski definition) is 5. The second-order valence-corrected chi connectivity index (χ2v) is 9.81. The first kappa shape index (κ1) is 23.8. The molecule has 9 heteroatoms. The van der Waals surface area contributed by atoms with Gasteiger partial charge in [-0.15, -0.1) is 0 Å². The van der Waals surface area contributed by atoms with Crippen molar-refractivity contribution >= 4 is 23.2 Å². The van der Waals surface area contributed by atoms with E-state index >= 15 is 0 Å². The van der Waals surface area contributed by atoms with E-state index in [1.165, 1.54) is 19.3 Å². The van der Waals surface area contributed by atoms with E-state index < -0.39 is 11.4 Å². The second kappa shape index (κ2) is 9.06. The minimum Gasteiger partial charge on any atom is -0.492 e. The van der Waals surface area contributed by atoms with E-state index in [-0.39, 0.29) is 17.6 Å². The Kier molecular flexibility index (Phi) is 5.68. The molecule has 3 aromatic rings. The van der Waals surface area contributed by atoms with Crippen LogP contribution in [0.1, 0.15) is 34.5 Å². The van der Waals surface area contributed by atoms with Crippen LogP contribution in [-0.2, 0) is 11.2 Å². The zero-order valence-corrected chi connectivity index (χ0v) is 20.9. The number of aromatic nitrogens is 2. The molecule has 2 bridgehead atoms. The topological polar surface area (TPSA) is 99.3 Å². The molecule has 4 aliphatic rings. The summed E-state index contributed by atoms with van der Waals surface area (Å²) in [5.41, 5.74) is 3.66. The number of carbonyl (C=O) groups excluding carboxylic acids is 2. The third kappa shape index (κ3) is 3.72.